The molecular weight excluding hydrogens is 460 g/mol. The molecule has 35 heavy (non-hydrogen) atoms. The zero-order valence-corrected chi connectivity index (χ0v) is 22.3. The second-order valence-electron chi connectivity index (χ2n) is 9.98. The summed E-state index contributed by atoms with van der Waals surface area (Å²) in [5.74, 6) is 7.00. The lowest BCUT2D eigenvalue weighted by molar-refractivity contribution is 0.0733. The first-order chi connectivity index (χ1) is 16.6. The minimum Gasteiger partial charge on any atom is -0.487 e. The van der Waals surface area contributed by atoms with Crippen LogP contribution >= 0.6 is 0 Å². The van der Waals surface area contributed by atoms with Gasteiger partial charge < -0.3 is 9.84 Å². The summed E-state index contributed by atoms with van der Waals surface area (Å²) in [7, 11) is -1.81. The molecule has 0 amide bonds. The fourth-order valence-corrected chi connectivity index (χ4v) is 5.97. The molecule has 0 spiro atoms. The SMILES string of the molecule is CC(C)CC#Cc1ccc2c(c1)O[C@H](CN(C)Cc1ccccc1)[C@@H](C)CN([C@H](C)CO)S2(=O)=O. The molecule has 3 atom stereocenters. The molecule has 3 rings (SSSR count). The van der Waals surface area contributed by atoms with Crippen LogP contribution in [0.1, 0.15) is 45.2 Å². The zero-order valence-electron chi connectivity index (χ0n) is 21.4. The second kappa shape index (κ2) is 12.0. The first-order valence-electron chi connectivity index (χ1n) is 12.3. The van der Waals surface area contributed by atoms with Crippen LogP contribution < -0.4 is 4.74 Å². The van der Waals surface area contributed by atoms with Gasteiger partial charge in [0.15, 0.2) is 0 Å². The van der Waals surface area contributed by atoms with Gasteiger partial charge in [-0.2, -0.15) is 4.31 Å². The third-order valence-electron chi connectivity index (χ3n) is 6.20. The Morgan fingerprint density at radius 3 is 2.54 bits per heavy atom. The van der Waals surface area contributed by atoms with Crippen molar-refractivity contribution in [3.63, 3.8) is 0 Å². The molecule has 2 aromatic carbocycles. The number of aliphatic hydroxyl groups excluding tert-OH is 1. The van der Waals surface area contributed by atoms with Crippen molar-refractivity contribution in [2.75, 3.05) is 26.7 Å². The van der Waals surface area contributed by atoms with Crippen molar-refractivity contribution in [1.29, 1.82) is 0 Å². The zero-order chi connectivity index (χ0) is 25.6. The van der Waals surface area contributed by atoms with Crippen LogP contribution in [0.5, 0.6) is 5.75 Å². The Hall–Kier alpha value is -2.37. The predicted octanol–water partition coefficient (Wildman–Crippen LogP) is 3.98. The maximum atomic E-state index is 13.6. The van der Waals surface area contributed by atoms with Crippen LogP contribution in [-0.4, -0.2) is 61.6 Å². The minimum absolute atomic E-state index is 0.0965. The standard InChI is InChI=1S/C28H38N2O4S/c1-21(2)10-9-13-24-14-15-28-26(16-24)34-27(19-29(5)18-25-11-7-6-8-12-25)22(3)17-30(23(4)20-31)35(28,32)33/h6-8,11-12,14-16,21-23,27,31H,10,17-20H2,1-5H3/t22-,23+,27+/m0/s1. The molecule has 1 aliphatic rings. The number of benzene rings is 2. The smallest absolute Gasteiger partial charge is 0.247 e. The summed E-state index contributed by atoms with van der Waals surface area (Å²) in [6, 6.07) is 14.7. The van der Waals surface area contributed by atoms with Gasteiger partial charge in [0, 0.05) is 43.6 Å². The summed E-state index contributed by atoms with van der Waals surface area (Å²) >= 11 is 0. The van der Waals surface area contributed by atoms with E-state index >= 15 is 0 Å². The lowest BCUT2D eigenvalue weighted by Crippen LogP contribution is -2.49. The third-order valence-corrected chi connectivity index (χ3v) is 8.22. The van der Waals surface area contributed by atoms with Crippen molar-refractivity contribution in [2.45, 2.75) is 57.7 Å². The number of rotatable bonds is 7. The average Bonchev–Trinajstić information content (AvgIpc) is 2.81. The lowest BCUT2D eigenvalue weighted by Gasteiger charge is -2.37. The van der Waals surface area contributed by atoms with Gasteiger partial charge >= 0.3 is 0 Å². The van der Waals surface area contributed by atoms with Gasteiger partial charge in [-0.05, 0) is 43.7 Å². The molecule has 190 valence electrons. The van der Waals surface area contributed by atoms with Crippen molar-refractivity contribution in [2.24, 2.45) is 11.8 Å². The van der Waals surface area contributed by atoms with Gasteiger partial charge in [-0.15, -0.1) is 0 Å². The Bertz CT molecular complexity index is 1140. The molecule has 0 aromatic heterocycles. The quantitative estimate of drug-likeness (QED) is 0.585. The summed E-state index contributed by atoms with van der Waals surface area (Å²) < 4.78 is 35.0. The van der Waals surface area contributed by atoms with E-state index in [1.165, 1.54) is 9.87 Å². The van der Waals surface area contributed by atoms with E-state index in [0.717, 1.165) is 18.5 Å². The van der Waals surface area contributed by atoms with Gasteiger partial charge in [-0.1, -0.05) is 62.9 Å². The predicted molar refractivity (Wildman–Crippen MR) is 140 cm³/mol. The number of ether oxygens (including phenoxy) is 1. The maximum absolute atomic E-state index is 13.6. The van der Waals surface area contributed by atoms with Gasteiger partial charge in [-0.25, -0.2) is 8.42 Å². The Morgan fingerprint density at radius 1 is 1.17 bits per heavy atom. The van der Waals surface area contributed by atoms with Crippen LogP contribution in [0, 0.1) is 23.7 Å². The topological polar surface area (TPSA) is 70.1 Å². The van der Waals surface area contributed by atoms with E-state index in [2.05, 4.69) is 42.7 Å². The average molecular weight is 499 g/mol. The molecule has 1 aliphatic heterocycles. The molecule has 6 nitrogen and oxygen atoms in total. The maximum Gasteiger partial charge on any atom is 0.247 e. The molecular formula is C28H38N2O4S. The molecule has 0 unspecified atom stereocenters. The van der Waals surface area contributed by atoms with E-state index in [-0.39, 0.29) is 30.1 Å². The van der Waals surface area contributed by atoms with Gasteiger partial charge in [-0.3, -0.25) is 4.90 Å². The number of hydrogen-bond donors (Lipinski definition) is 1. The second-order valence-corrected chi connectivity index (χ2v) is 11.8. The van der Waals surface area contributed by atoms with E-state index in [1.54, 1.807) is 25.1 Å². The summed E-state index contributed by atoms with van der Waals surface area (Å²) in [6.45, 7) is 9.36. The fraction of sp³-hybridized carbons (Fsp3) is 0.500. The van der Waals surface area contributed by atoms with Gasteiger partial charge in [0.05, 0.1) is 6.61 Å². The molecule has 1 heterocycles. The summed E-state index contributed by atoms with van der Waals surface area (Å²) in [5.41, 5.74) is 1.93. The molecule has 0 saturated carbocycles. The molecule has 0 bridgehead atoms. The number of likely N-dealkylation sites (N-methyl/N-ethyl adjacent to an activating group) is 1. The van der Waals surface area contributed by atoms with Crippen LogP contribution in [0.15, 0.2) is 53.4 Å². The number of sulfonamides is 1. The Labute approximate surface area is 211 Å². The highest BCUT2D eigenvalue weighted by Crippen LogP contribution is 2.34. The number of aliphatic hydroxyl groups is 1. The Kier molecular flexibility index (Phi) is 9.37. The lowest BCUT2D eigenvalue weighted by atomic mass is 10.0. The van der Waals surface area contributed by atoms with Crippen LogP contribution in [0.3, 0.4) is 0 Å². The van der Waals surface area contributed by atoms with Crippen LogP contribution in [0.4, 0.5) is 0 Å². The van der Waals surface area contributed by atoms with Crippen molar-refractivity contribution in [3.8, 4) is 17.6 Å². The largest absolute Gasteiger partial charge is 0.487 e. The first-order valence-corrected chi connectivity index (χ1v) is 13.7. The van der Waals surface area contributed by atoms with Gasteiger partial charge in [0.2, 0.25) is 10.0 Å². The van der Waals surface area contributed by atoms with Crippen LogP contribution in [-0.2, 0) is 16.6 Å². The molecule has 0 fully saturated rings. The van der Waals surface area contributed by atoms with Gasteiger partial charge in [0.25, 0.3) is 0 Å². The summed E-state index contributed by atoms with van der Waals surface area (Å²) in [5, 5.41) is 9.81. The monoisotopic (exact) mass is 498 g/mol. The van der Waals surface area contributed by atoms with Gasteiger partial charge in [0.1, 0.15) is 16.7 Å². The number of nitrogens with zero attached hydrogens (tertiary/aromatic N) is 2. The highest BCUT2D eigenvalue weighted by Gasteiger charge is 2.38. The van der Waals surface area contributed by atoms with E-state index in [9.17, 15) is 13.5 Å². The van der Waals surface area contributed by atoms with E-state index in [1.807, 2.05) is 32.2 Å². The summed E-state index contributed by atoms with van der Waals surface area (Å²) in [6.07, 6.45) is 0.521. The highest BCUT2D eigenvalue weighted by molar-refractivity contribution is 7.89. The van der Waals surface area contributed by atoms with E-state index < -0.39 is 16.1 Å². The van der Waals surface area contributed by atoms with Crippen LogP contribution in [0.2, 0.25) is 0 Å². The highest BCUT2D eigenvalue weighted by atomic mass is 32.2. The third kappa shape index (κ3) is 7.08. The van der Waals surface area contributed by atoms with Crippen molar-refractivity contribution in [3.05, 3.63) is 59.7 Å². The molecule has 0 saturated heterocycles. The van der Waals surface area contributed by atoms with E-state index in [0.29, 0.717) is 18.2 Å². The fourth-order valence-electron chi connectivity index (χ4n) is 4.15. The Morgan fingerprint density at radius 2 is 1.89 bits per heavy atom. The Balaban J connectivity index is 1.97. The molecule has 2 aromatic rings. The molecule has 7 heteroatoms. The molecule has 0 aliphatic carbocycles. The molecule has 0 radical (unpaired) electrons. The molecule has 1 N–H and O–H groups in total. The normalized spacial score (nSPS) is 20.8. The van der Waals surface area contributed by atoms with Crippen molar-refractivity contribution >= 4 is 10.0 Å². The summed E-state index contributed by atoms with van der Waals surface area (Å²) in [4.78, 5) is 2.31. The number of hydrogen-bond acceptors (Lipinski definition) is 5. The van der Waals surface area contributed by atoms with Crippen molar-refractivity contribution in [1.82, 2.24) is 9.21 Å². The number of fused-ring (bicyclic) bond motifs is 1. The minimum atomic E-state index is -3.85. The first kappa shape index (κ1) is 27.2. The van der Waals surface area contributed by atoms with E-state index in [4.69, 9.17) is 4.74 Å². The van der Waals surface area contributed by atoms with Crippen molar-refractivity contribution < 1.29 is 18.3 Å². The van der Waals surface area contributed by atoms with Crippen LogP contribution in [0.25, 0.3) is 0 Å².